The normalized spacial score (nSPS) is 10.7. The fourth-order valence-electron chi connectivity index (χ4n) is 3.03. The maximum Gasteiger partial charge on any atom is 0.321 e. The predicted octanol–water partition coefficient (Wildman–Crippen LogP) is 5.36. The third-order valence-electron chi connectivity index (χ3n) is 4.52. The summed E-state index contributed by atoms with van der Waals surface area (Å²) in [5.74, 6) is -2.20. The van der Waals surface area contributed by atoms with Crippen molar-refractivity contribution in [3.05, 3.63) is 81.3 Å². The van der Waals surface area contributed by atoms with Crippen molar-refractivity contribution in [2.75, 3.05) is 4.90 Å². The number of carbonyl (C=O) groups is 2. The van der Waals surface area contributed by atoms with Gasteiger partial charge in [0.2, 0.25) is 0 Å². The van der Waals surface area contributed by atoms with Crippen LogP contribution in [0, 0.1) is 0 Å². The standard InChI is InChI=1S/C22H12Cl4N6O2/c23-15-13(16(24)29-20(28-15)11-7-3-1-4-8-11)32(22(34)19(27)33)14-17(25)30-21(31-18(14)26)12-9-5-2-6-10-12/h1-10H,(H2,27,33). The van der Waals surface area contributed by atoms with Crippen LogP contribution in [0.4, 0.5) is 11.4 Å². The second-order valence-corrected chi connectivity index (χ2v) is 8.12. The van der Waals surface area contributed by atoms with Gasteiger partial charge in [0.25, 0.3) is 0 Å². The van der Waals surface area contributed by atoms with Crippen molar-refractivity contribution < 1.29 is 9.59 Å². The Morgan fingerprint density at radius 2 is 0.941 bits per heavy atom. The van der Waals surface area contributed by atoms with Crippen LogP contribution < -0.4 is 10.6 Å². The second-order valence-electron chi connectivity index (χ2n) is 6.69. The summed E-state index contributed by atoms with van der Waals surface area (Å²) in [7, 11) is 0. The van der Waals surface area contributed by atoms with Crippen molar-refractivity contribution in [3.63, 3.8) is 0 Å². The maximum atomic E-state index is 12.9. The number of hydrogen-bond donors (Lipinski definition) is 1. The highest BCUT2D eigenvalue weighted by atomic mass is 35.5. The van der Waals surface area contributed by atoms with E-state index in [4.69, 9.17) is 52.1 Å². The number of nitrogens with two attached hydrogens (primary N) is 1. The molecule has 2 aromatic carbocycles. The average molecular weight is 534 g/mol. The van der Waals surface area contributed by atoms with Gasteiger partial charge in [0, 0.05) is 11.1 Å². The van der Waals surface area contributed by atoms with Gasteiger partial charge in [-0.25, -0.2) is 19.9 Å². The van der Waals surface area contributed by atoms with Crippen LogP contribution in [0.3, 0.4) is 0 Å². The van der Waals surface area contributed by atoms with Gasteiger partial charge < -0.3 is 5.73 Å². The van der Waals surface area contributed by atoms with Crippen LogP contribution in [0.25, 0.3) is 22.8 Å². The number of anilines is 2. The number of benzene rings is 2. The minimum absolute atomic E-state index is 0.193. The molecule has 8 nitrogen and oxygen atoms in total. The van der Waals surface area contributed by atoms with Crippen molar-refractivity contribution in [1.82, 2.24) is 19.9 Å². The number of halogens is 4. The van der Waals surface area contributed by atoms with E-state index in [9.17, 15) is 9.59 Å². The number of nitrogens with zero attached hydrogens (tertiary/aromatic N) is 5. The quantitative estimate of drug-likeness (QED) is 0.279. The van der Waals surface area contributed by atoms with E-state index in [1.54, 1.807) is 48.5 Å². The fourth-order valence-corrected chi connectivity index (χ4v) is 4.14. The molecule has 0 bridgehead atoms. The van der Waals surface area contributed by atoms with Crippen molar-refractivity contribution >= 4 is 69.6 Å². The molecule has 12 heteroatoms. The lowest BCUT2D eigenvalue weighted by atomic mass is 10.2. The number of amides is 2. The first-order valence-electron chi connectivity index (χ1n) is 9.48. The van der Waals surface area contributed by atoms with E-state index in [-0.39, 0.29) is 43.6 Å². The molecule has 2 N–H and O–H groups in total. The van der Waals surface area contributed by atoms with E-state index in [0.29, 0.717) is 16.0 Å². The van der Waals surface area contributed by atoms with Crippen LogP contribution in [0.5, 0.6) is 0 Å². The van der Waals surface area contributed by atoms with Crippen molar-refractivity contribution in [1.29, 1.82) is 0 Å². The summed E-state index contributed by atoms with van der Waals surface area (Å²) >= 11 is 25.6. The SMILES string of the molecule is NC(=O)C(=O)N(c1c(Cl)nc(-c2ccccc2)nc1Cl)c1c(Cl)nc(-c2ccccc2)nc1Cl. The first-order valence-corrected chi connectivity index (χ1v) is 11.0. The Hall–Kier alpha value is -3.30. The van der Waals surface area contributed by atoms with Gasteiger partial charge in [-0.3, -0.25) is 14.5 Å². The Kier molecular flexibility index (Phi) is 6.95. The van der Waals surface area contributed by atoms with Crippen molar-refractivity contribution in [3.8, 4) is 22.8 Å². The number of rotatable bonds is 4. The zero-order chi connectivity index (χ0) is 24.4. The molecule has 0 saturated heterocycles. The Bertz CT molecular complexity index is 1260. The Labute approximate surface area is 213 Å². The third kappa shape index (κ3) is 4.67. The van der Waals surface area contributed by atoms with Gasteiger partial charge in [0.1, 0.15) is 11.4 Å². The van der Waals surface area contributed by atoms with Crippen LogP contribution in [0.2, 0.25) is 20.6 Å². The lowest BCUT2D eigenvalue weighted by molar-refractivity contribution is -0.135. The molecule has 4 aromatic rings. The number of primary amides is 1. The van der Waals surface area contributed by atoms with Crippen LogP contribution in [-0.4, -0.2) is 31.8 Å². The van der Waals surface area contributed by atoms with Gasteiger partial charge >= 0.3 is 11.8 Å². The van der Waals surface area contributed by atoms with Crippen LogP contribution >= 0.6 is 46.4 Å². The Morgan fingerprint density at radius 1 is 0.618 bits per heavy atom. The molecule has 0 radical (unpaired) electrons. The molecule has 0 spiro atoms. The lowest BCUT2D eigenvalue weighted by Gasteiger charge is -2.24. The van der Waals surface area contributed by atoms with Gasteiger partial charge in [-0.15, -0.1) is 0 Å². The van der Waals surface area contributed by atoms with Crippen molar-refractivity contribution in [2.45, 2.75) is 0 Å². The Balaban J connectivity index is 1.90. The van der Waals surface area contributed by atoms with E-state index in [0.717, 1.165) is 0 Å². The maximum absolute atomic E-state index is 12.9. The first kappa shape index (κ1) is 23.8. The molecule has 2 aromatic heterocycles. The molecule has 0 fully saturated rings. The second kappa shape index (κ2) is 9.90. The van der Waals surface area contributed by atoms with E-state index in [1.165, 1.54) is 0 Å². The molecular weight excluding hydrogens is 522 g/mol. The van der Waals surface area contributed by atoms with Crippen molar-refractivity contribution in [2.24, 2.45) is 5.73 Å². The van der Waals surface area contributed by atoms with Crippen LogP contribution in [-0.2, 0) is 9.59 Å². The Morgan fingerprint density at radius 3 is 1.24 bits per heavy atom. The zero-order valence-electron chi connectivity index (χ0n) is 16.9. The lowest BCUT2D eigenvalue weighted by Crippen LogP contribution is -2.38. The molecule has 170 valence electrons. The van der Waals surface area contributed by atoms with E-state index >= 15 is 0 Å². The highest BCUT2D eigenvalue weighted by Gasteiger charge is 2.33. The van der Waals surface area contributed by atoms with E-state index in [2.05, 4.69) is 19.9 Å². The smallest absolute Gasteiger partial charge is 0.321 e. The summed E-state index contributed by atoms with van der Waals surface area (Å²) in [5, 5.41) is -1.03. The fraction of sp³-hybridized carbons (Fsp3) is 0. The molecule has 34 heavy (non-hydrogen) atoms. The molecule has 2 heterocycles. The molecule has 0 aliphatic rings. The molecule has 2 amide bonds. The number of aromatic nitrogens is 4. The summed E-state index contributed by atoms with van der Waals surface area (Å²) in [4.78, 5) is 42.3. The monoisotopic (exact) mass is 532 g/mol. The van der Waals surface area contributed by atoms with Gasteiger partial charge in [0.15, 0.2) is 32.3 Å². The molecule has 0 unspecified atom stereocenters. The molecule has 0 saturated carbocycles. The molecule has 0 aliphatic heterocycles. The summed E-state index contributed by atoms with van der Waals surface area (Å²) in [6, 6.07) is 17.7. The van der Waals surface area contributed by atoms with E-state index < -0.39 is 11.8 Å². The van der Waals surface area contributed by atoms with Gasteiger partial charge in [-0.05, 0) is 0 Å². The summed E-state index contributed by atoms with van der Waals surface area (Å²) in [6.07, 6.45) is 0. The van der Waals surface area contributed by atoms with E-state index in [1.807, 2.05) is 12.1 Å². The number of carbonyl (C=O) groups excluding carboxylic acids is 2. The largest absolute Gasteiger partial charge is 0.361 e. The first-order chi connectivity index (χ1) is 16.3. The highest BCUT2D eigenvalue weighted by Crippen LogP contribution is 2.43. The molecule has 4 rings (SSSR count). The minimum atomic E-state index is -1.33. The molecule has 0 aliphatic carbocycles. The van der Waals surface area contributed by atoms with Gasteiger partial charge in [-0.1, -0.05) is 107 Å². The highest BCUT2D eigenvalue weighted by molar-refractivity contribution is 6.48. The molecule has 0 atom stereocenters. The predicted molar refractivity (Wildman–Crippen MR) is 131 cm³/mol. The van der Waals surface area contributed by atoms with Gasteiger partial charge in [-0.2, -0.15) is 0 Å². The summed E-state index contributed by atoms with van der Waals surface area (Å²) in [6.45, 7) is 0. The van der Waals surface area contributed by atoms with Crippen LogP contribution in [0.15, 0.2) is 60.7 Å². The molecular formula is C22H12Cl4N6O2. The topological polar surface area (TPSA) is 115 Å². The zero-order valence-corrected chi connectivity index (χ0v) is 19.9. The van der Waals surface area contributed by atoms with Gasteiger partial charge in [0.05, 0.1) is 0 Å². The third-order valence-corrected chi connectivity index (χ3v) is 5.58. The van der Waals surface area contributed by atoms with Crippen LogP contribution in [0.1, 0.15) is 0 Å². The summed E-state index contributed by atoms with van der Waals surface area (Å²) in [5.41, 5.74) is 6.00. The summed E-state index contributed by atoms with van der Waals surface area (Å²) < 4.78 is 0. The minimum Gasteiger partial charge on any atom is -0.361 e. The average Bonchev–Trinajstić information content (AvgIpc) is 2.82. The number of hydrogen-bond acceptors (Lipinski definition) is 6.